The summed E-state index contributed by atoms with van der Waals surface area (Å²) in [4.78, 5) is 2.31. The predicted octanol–water partition coefficient (Wildman–Crippen LogP) is 5.56. The molecule has 3 heteroatoms. The van der Waals surface area contributed by atoms with Crippen LogP contribution in [0.3, 0.4) is 0 Å². The van der Waals surface area contributed by atoms with Gasteiger partial charge in [-0.3, -0.25) is 0 Å². The molecule has 118 valence electrons. The summed E-state index contributed by atoms with van der Waals surface area (Å²) in [6, 6.07) is 16.0. The molecule has 0 atom stereocenters. The van der Waals surface area contributed by atoms with E-state index in [0.717, 1.165) is 29.8 Å². The number of benzene rings is 2. The Kier molecular flexibility index (Phi) is 5.84. The van der Waals surface area contributed by atoms with Crippen LogP contribution in [0.1, 0.15) is 30.5 Å². The molecule has 0 N–H and O–H groups in total. The third-order valence-corrected chi connectivity index (χ3v) is 4.17. The smallest absolute Gasteiger partial charge is 0.0998 e. The molecular weight excluding hydrogens is 304 g/mol. The van der Waals surface area contributed by atoms with Crippen molar-refractivity contribution in [2.75, 3.05) is 18.0 Å². The van der Waals surface area contributed by atoms with Gasteiger partial charge in [0.25, 0.3) is 0 Å². The Morgan fingerprint density at radius 2 is 1.91 bits per heavy atom. The maximum atomic E-state index is 9.47. The van der Waals surface area contributed by atoms with E-state index in [1.54, 1.807) is 0 Å². The Labute approximate surface area is 143 Å². The zero-order valence-electron chi connectivity index (χ0n) is 13.8. The molecule has 0 saturated carbocycles. The van der Waals surface area contributed by atoms with Crippen LogP contribution < -0.4 is 4.90 Å². The van der Waals surface area contributed by atoms with Gasteiger partial charge in [-0.25, -0.2) is 0 Å². The van der Waals surface area contributed by atoms with Gasteiger partial charge in [0.1, 0.15) is 0 Å². The number of nitrogens with zero attached hydrogens (tertiary/aromatic N) is 2. The molecule has 0 bridgehead atoms. The second-order valence-electron chi connectivity index (χ2n) is 5.39. The number of aryl methyl sites for hydroxylation is 1. The van der Waals surface area contributed by atoms with Crippen LogP contribution in [0, 0.1) is 18.3 Å². The van der Waals surface area contributed by atoms with Crippen LogP contribution in [-0.2, 0) is 0 Å². The summed E-state index contributed by atoms with van der Waals surface area (Å²) < 4.78 is 0. The van der Waals surface area contributed by atoms with E-state index in [9.17, 15) is 5.26 Å². The first-order chi connectivity index (χ1) is 11.1. The average molecular weight is 325 g/mol. The fraction of sp³-hybridized carbons (Fsp3) is 0.250. The van der Waals surface area contributed by atoms with Crippen molar-refractivity contribution >= 4 is 28.9 Å². The number of hydrogen-bond acceptors (Lipinski definition) is 2. The van der Waals surface area contributed by atoms with E-state index in [1.165, 1.54) is 5.69 Å². The van der Waals surface area contributed by atoms with E-state index in [4.69, 9.17) is 11.6 Å². The summed E-state index contributed by atoms with van der Waals surface area (Å²) in [5, 5.41) is 10.1. The highest BCUT2D eigenvalue weighted by atomic mass is 35.5. The first kappa shape index (κ1) is 17.1. The maximum absolute atomic E-state index is 9.47. The first-order valence-electron chi connectivity index (χ1n) is 7.82. The van der Waals surface area contributed by atoms with Gasteiger partial charge < -0.3 is 4.90 Å². The lowest BCUT2D eigenvalue weighted by Crippen LogP contribution is -2.21. The average Bonchev–Trinajstić information content (AvgIpc) is 2.55. The van der Waals surface area contributed by atoms with Gasteiger partial charge >= 0.3 is 0 Å². The van der Waals surface area contributed by atoms with Crippen LogP contribution in [0.4, 0.5) is 5.69 Å². The molecule has 0 spiro atoms. The minimum Gasteiger partial charge on any atom is -0.372 e. The Morgan fingerprint density at radius 1 is 1.17 bits per heavy atom. The number of rotatable bonds is 5. The van der Waals surface area contributed by atoms with Crippen LogP contribution in [0.15, 0.2) is 42.5 Å². The lowest BCUT2D eigenvalue weighted by Gasteiger charge is -2.21. The molecule has 0 fully saturated rings. The minimum atomic E-state index is 0.617. The Hall–Kier alpha value is -2.24. The summed E-state index contributed by atoms with van der Waals surface area (Å²) in [6.45, 7) is 8.35. The number of allylic oxidation sites excluding steroid dienone is 1. The van der Waals surface area contributed by atoms with Gasteiger partial charge in [-0.2, -0.15) is 5.26 Å². The molecule has 0 aliphatic heterocycles. The quantitative estimate of drug-likeness (QED) is 0.532. The largest absolute Gasteiger partial charge is 0.372 e. The maximum Gasteiger partial charge on any atom is 0.0998 e. The number of anilines is 1. The molecule has 0 heterocycles. The van der Waals surface area contributed by atoms with E-state index in [-0.39, 0.29) is 0 Å². The van der Waals surface area contributed by atoms with Crippen LogP contribution in [0.25, 0.3) is 11.6 Å². The van der Waals surface area contributed by atoms with Crippen LogP contribution >= 0.6 is 11.6 Å². The van der Waals surface area contributed by atoms with Crippen molar-refractivity contribution in [2.24, 2.45) is 0 Å². The molecule has 2 nitrogen and oxygen atoms in total. The van der Waals surface area contributed by atoms with Gasteiger partial charge in [0.15, 0.2) is 0 Å². The fourth-order valence-electron chi connectivity index (χ4n) is 2.60. The summed E-state index contributed by atoms with van der Waals surface area (Å²) >= 11 is 6.03. The van der Waals surface area contributed by atoms with Gasteiger partial charge in [0, 0.05) is 23.8 Å². The van der Waals surface area contributed by atoms with Gasteiger partial charge in [0.2, 0.25) is 0 Å². The topological polar surface area (TPSA) is 27.0 Å². The van der Waals surface area contributed by atoms with Crippen molar-refractivity contribution in [3.63, 3.8) is 0 Å². The summed E-state index contributed by atoms with van der Waals surface area (Å²) in [5.74, 6) is 0. The van der Waals surface area contributed by atoms with E-state index in [1.807, 2.05) is 30.3 Å². The van der Waals surface area contributed by atoms with Gasteiger partial charge in [-0.15, -0.1) is 0 Å². The molecule has 0 aliphatic rings. The number of hydrogen-bond donors (Lipinski definition) is 0. The lowest BCUT2D eigenvalue weighted by atomic mass is 10.0. The van der Waals surface area contributed by atoms with E-state index >= 15 is 0 Å². The molecule has 2 aromatic carbocycles. The second kappa shape index (κ2) is 7.85. The van der Waals surface area contributed by atoms with E-state index in [2.05, 4.69) is 49.9 Å². The second-order valence-corrected chi connectivity index (χ2v) is 5.83. The van der Waals surface area contributed by atoms with Crippen LogP contribution in [0.5, 0.6) is 0 Å². The molecule has 0 unspecified atom stereocenters. The summed E-state index contributed by atoms with van der Waals surface area (Å²) in [5.41, 5.74) is 4.88. The number of nitriles is 1. The molecule has 0 aliphatic carbocycles. The zero-order valence-corrected chi connectivity index (χ0v) is 14.6. The van der Waals surface area contributed by atoms with Crippen molar-refractivity contribution in [1.82, 2.24) is 0 Å². The molecule has 2 aromatic rings. The highest BCUT2D eigenvalue weighted by Crippen LogP contribution is 2.25. The molecule has 2 rings (SSSR count). The van der Waals surface area contributed by atoms with Crippen molar-refractivity contribution in [1.29, 1.82) is 5.26 Å². The minimum absolute atomic E-state index is 0.617. The third-order valence-electron chi connectivity index (χ3n) is 3.94. The predicted molar refractivity (Wildman–Crippen MR) is 99.7 cm³/mol. The van der Waals surface area contributed by atoms with Crippen LogP contribution in [-0.4, -0.2) is 13.1 Å². The molecule has 0 saturated heterocycles. The third kappa shape index (κ3) is 4.15. The van der Waals surface area contributed by atoms with Gasteiger partial charge in [-0.05, 0) is 67.8 Å². The fourth-order valence-corrected chi connectivity index (χ4v) is 2.79. The monoisotopic (exact) mass is 324 g/mol. The first-order valence-corrected chi connectivity index (χ1v) is 8.20. The number of halogens is 1. The van der Waals surface area contributed by atoms with Crippen molar-refractivity contribution < 1.29 is 0 Å². The van der Waals surface area contributed by atoms with Crippen molar-refractivity contribution in [2.45, 2.75) is 20.8 Å². The Balaban J connectivity index is 2.39. The molecule has 0 aromatic heterocycles. The normalized spacial score (nSPS) is 11.2. The van der Waals surface area contributed by atoms with Crippen molar-refractivity contribution in [3.8, 4) is 6.07 Å². The van der Waals surface area contributed by atoms with E-state index in [0.29, 0.717) is 10.6 Å². The highest BCUT2D eigenvalue weighted by molar-refractivity contribution is 6.30. The Bertz CT molecular complexity index is 752. The highest BCUT2D eigenvalue weighted by Gasteiger charge is 2.06. The zero-order chi connectivity index (χ0) is 16.8. The summed E-state index contributed by atoms with van der Waals surface area (Å²) in [6.07, 6.45) is 1.92. The van der Waals surface area contributed by atoms with Gasteiger partial charge in [0.05, 0.1) is 11.6 Å². The molecule has 23 heavy (non-hydrogen) atoms. The summed E-state index contributed by atoms with van der Waals surface area (Å²) in [7, 11) is 0. The SMILES string of the molecule is CCN(CC)c1ccc(/C=C(\C#N)c2cccc(Cl)c2)c(C)c1. The molecule has 0 amide bonds. The lowest BCUT2D eigenvalue weighted by molar-refractivity contribution is 0.865. The Morgan fingerprint density at radius 3 is 2.48 bits per heavy atom. The van der Waals surface area contributed by atoms with Gasteiger partial charge in [-0.1, -0.05) is 29.8 Å². The van der Waals surface area contributed by atoms with Crippen LogP contribution in [0.2, 0.25) is 5.02 Å². The van der Waals surface area contributed by atoms with E-state index < -0.39 is 0 Å². The molecular formula is C20H21ClN2. The molecule has 0 radical (unpaired) electrons. The van der Waals surface area contributed by atoms with Crippen molar-refractivity contribution in [3.05, 3.63) is 64.2 Å². The standard InChI is InChI=1S/C20H21ClN2/c1-4-23(5-2)20-10-9-16(15(3)11-20)12-18(14-22)17-7-6-8-19(21)13-17/h6-13H,4-5H2,1-3H3/b18-12+.